The van der Waals surface area contributed by atoms with Gasteiger partial charge in [-0.1, -0.05) is 76.1 Å². The standard InChI is InChI=1S/C18H29ClFN/c1-3-5-6-7-8-9-12-16(21-4-2)14-15-11-10-13-17(20)18(15)19/h10-11,13,16,21H,3-9,12,14H2,1-2H3. The van der Waals surface area contributed by atoms with Gasteiger partial charge in [0.25, 0.3) is 0 Å². The van der Waals surface area contributed by atoms with E-state index in [-0.39, 0.29) is 10.8 Å². The summed E-state index contributed by atoms with van der Waals surface area (Å²) >= 11 is 6.05. The number of hydrogen-bond acceptors (Lipinski definition) is 1. The SMILES string of the molecule is CCCCCCCCC(Cc1cccc(F)c1Cl)NCC. The van der Waals surface area contributed by atoms with Crippen LogP contribution in [0.25, 0.3) is 0 Å². The van der Waals surface area contributed by atoms with Crippen molar-refractivity contribution >= 4 is 11.6 Å². The molecule has 0 heterocycles. The Balaban J connectivity index is 2.40. The van der Waals surface area contributed by atoms with E-state index in [1.807, 2.05) is 6.07 Å². The van der Waals surface area contributed by atoms with Gasteiger partial charge in [0, 0.05) is 6.04 Å². The quantitative estimate of drug-likeness (QED) is 0.513. The Hall–Kier alpha value is -0.600. The van der Waals surface area contributed by atoms with Crippen molar-refractivity contribution in [1.29, 1.82) is 0 Å². The maximum Gasteiger partial charge on any atom is 0.142 e. The Morgan fingerprint density at radius 3 is 2.52 bits per heavy atom. The molecule has 1 rings (SSSR count). The summed E-state index contributed by atoms with van der Waals surface area (Å²) in [5, 5.41) is 3.78. The van der Waals surface area contributed by atoms with Crippen LogP contribution in [0.3, 0.4) is 0 Å². The van der Waals surface area contributed by atoms with E-state index in [4.69, 9.17) is 11.6 Å². The molecule has 0 aliphatic heterocycles. The van der Waals surface area contributed by atoms with E-state index in [1.54, 1.807) is 6.07 Å². The van der Waals surface area contributed by atoms with Gasteiger partial charge in [0.15, 0.2) is 0 Å². The number of hydrogen-bond donors (Lipinski definition) is 1. The number of nitrogens with one attached hydrogen (secondary N) is 1. The van der Waals surface area contributed by atoms with Crippen molar-refractivity contribution in [2.24, 2.45) is 0 Å². The fourth-order valence-electron chi connectivity index (χ4n) is 2.71. The van der Waals surface area contributed by atoms with Crippen molar-refractivity contribution in [3.63, 3.8) is 0 Å². The summed E-state index contributed by atoms with van der Waals surface area (Å²) in [6.45, 7) is 5.29. The minimum absolute atomic E-state index is 0.281. The van der Waals surface area contributed by atoms with Gasteiger partial charge in [-0.05, 0) is 31.0 Å². The van der Waals surface area contributed by atoms with Gasteiger partial charge in [0.2, 0.25) is 0 Å². The molecule has 1 N–H and O–H groups in total. The Morgan fingerprint density at radius 1 is 1.10 bits per heavy atom. The lowest BCUT2D eigenvalue weighted by Gasteiger charge is -2.18. The van der Waals surface area contributed by atoms with Gasteiger partial charge < -0.3 is 5.32 Å². The van der Waals surface area contributed by atoms with Gasteiger partial charge in [0.05, 0.1) is 5.02 Å². The van der Waals surface area contributed by atoms with Gasteiger partial charge in [-0.3, -0.25) is 0 Å². The van der Waals surface area contributed by atoms with E-state index in [0.29, 0.717) is 6.04 Å². The van der Waals surface area contributed by atoms with Gasteiger partial charge in [-0.2, -0.15) is 0 Å². The molecule has 0 saturated heterocycles. The molecule has 0 aromatic heterocycles. The van der Waals surface area contributed by atoms with Crippen molar-refractivity contribution in [2.45, 2.75) is 71.3 Å². The molecule has 0 aliphatic rings. The van der Waals surface area contributed by atoms with Crippen LogP contribution in [0.2, 0.25) is 5.02 Å². The van der Waals surface area contributed by atoms with Crippen LogP contribution >= 0.6 is 11.6 Å². The zero-order valence-electron chi connectivity index (χ0n) is 13.4. The van der Waals surface area contributed by atoms with Gasteiger partial charge in [-0.25, -0.2) is 4.39 Å². The van der Waals surface area contributed by atoms with E-state index in [1.165, 1.54) is 44.6 Å². The monoisotopic (exact) mass is 313 g/mol. The first-order valence-electron chi connectivity index (χ1n) is 8.35. The van der Waals surface area contributed by atoms with Gasteiger partial charge in [-0.15, -0.1) is 0 Å². The highest BCUT2D eigenvalue weighted by Crippen LogP contribution is 2.22. The van der Waals surface area contributed by atoms with Crippen LogP contribution in [-0.4, -0.2) is 12.6 Å². The lowest BCUT2D eigenvalue weighted by Crippen LogP contribution is -2.31. The van der Waals surface area contributed by atoms with Crippen molar-refractivity contribution in [2.75, 3.05) is 6.54 Å². The van der Waals surface area contributed by atoms with E-state index in [9.17, 15) is 4.39 Å². The fraction of sp³-hybridized carbons (Fsp3) is 0.667. The molecule has 1 unspecified atom stereocenters. The second kappa shape index (κ2) is 11.0. The summed E-state index contributed by atoms with van der Waals surface area (Å²) in [6, 6.07) is 5.48. The van der Waals surface area contributed by atoms with E-state index < -0.39 is 0 Å². The largest absolute Gasteiger partial charge is 0.314 e. The van der Waals surface area contributed by atoms with Crippen LogP contribution in [-0.2, 0) is 6.42 Å². The smallest absolute Gasteiger partial charge is 0.142 e. The molecule has 0 bridgehead atoms. The molecule has 1 atom stereocenters. The number of unbranched alkanes of at least 4 members (excludes halogenated alkanes) is 5. The third-order valence-electron chi connectivity index (χ3n) is 3.90. The Morgan fingerprint density at radius 2 is 1.81 bits per heavy atom. The minimum Gasteiger partial charge on any atom is -0.314 e. The zero-order valence-corrected chi connectivity index (χ0v) is 14.2. The van der Waals surface area contributed by atoms with E-state index >= 15 is 0 Å². The van der Waals surface area contributed by atoms with E-state index in [2.05, 4.69) is 19.2 Å². The maximum absolute atomic E-state index is 13.5. The molecule has 0 fully saturated rings. The molecule has 21 heavy (non-hydrogen) atoms. The first-order chi connectivity index (χ1) is 10.2. The first kappa shape index (κ1) is 18.4. The first-order valence-corrected chi connectivity index (χ1v) is 8.73. The lowest BCUT2D eigenvalue weighted by molar-refractivity contribution is 0.459. The molecular formula is C18H29ClFN. The van der Waals surface area contributed by atoms with Crippen molar-refractivity contribution in [3.8, 4) is 0 Å². The molecular weight excluding hydrogens is 285 g/mol. The molecule has 0 saturated carbocycles. The van der Waals surface area contributed by atoms with Gasteiger partial charge >= 0.3 is 0 Å². The van der Waals surface area contributed by atoms with Crippen LogP contribution in [0, 0.1) is 5.82 Å². The van der Waals surface area contributed by atoms with Crippen molar-refractivity contribution in [1.82, 2.24) is 5.32 Å². The molecule has 3 heteroatoms. The highest BCUT2D eigenvalue weighted by Gasteiger charge is 2.12. The lowest BCUT2D eigenvalue weighted by atomic mass is 9.99. The molecule has 0 radical (unpaired) electrons. The van der Waals surface area contributed by atoms with Crippen molar-refractivity contribution in [3.05, 3.63) is 34.6 Å². The molecule has 1 aromatic rings. The van der Waals surface area contributed by atoms with Crippen molar-refractivity contribution < 1.29 is 4.39 Å². The third-order valence-corrected chi connectivity index (χ3v) is 4.32. The fourth-order valence-corrected chi connectivity index (χ4v) is 2.91. The Kier molecular flexibility index (Phi) is 9.69. The third kappa shape index (κ3) is 7.28. The predicted octanol–water partition coefficient (Wildman–Crippen LogP) is 5.75. The molecule has 1 aromatic carbocycles. The summed E-state index contributed by atoms with van der Waals surface area (Å²) in [5.41, 5.74) is 0.911. The van der Waals surface area contributed by atoms with Crippen LogP contribution in [0.15, 0.2) is 18.2 Å². The van der Waals surface area contributed by atoms with E-state index in [0.717, 1.165) is 24.9 Å². The van der Waals surface area contributed by atoms with Gasteiger partial charge in [0.1, 0.15) is 5.82 Å². The topological polar surface area (TPSA) is 12.0 Å². The summed E-state index contributed by atoms with van der Waals surface area (Å²) in [4.78, 5) is 0. The predicted molar refractivity (Wildman–Crippen MR) is 90.6 cm³/mol. The molecule has 120 valence electrons. The second-order valence-corrected chi connectivity index (χ2v) is 6.11. The molecule has 0 aliphatic carbocycles. The number of benzene rings is 1. The second-order valence-electron chi connectivity index (χ2n) is 5.73. The average Bonchev–Trinajstić information content (AvgIpc) is 2.47. The molecule has 0 amide bonds. The highest BCUT2D eigenvalue weighted by molar-refractivity contribution is 6.31. The van der Waals surface area contributed by atoms with Crippen LogP contribution < -0.4 is 5.32 Å². The normalized spacial score (nSPS) is 12.6. The highest BCUT2D eigenvalue weighted by atomic mass is 35.5. The van der Waals surface area contributed by atoms with Crippen LogP contribution in [0.4, 0.5) is 4.39 Å². The number of rotatable bonds is 11. The average molecular weight is 314 g/mol. The molecule has 0 spiro atoms. The Labute approximate surface area is 134 Å². The summed E-state index contributed by atoms with van der Waals surface area (Å²) in [5.74, 6) is -0.316. The molecule has 1 nitrogen and oxygen atoms in total. The van der Waals surface area contributed by atoms with Crippen LogP contribution in [0.5, 0.6) is 0 Å². The summed E-state index contributed by atoms with van der Waals surface area (Å²) in [6.07, 6.45) is 9.76. The Bertz CT molecular complexity index is 395. The van der Waals surface area contributed by atoms with Crippen LogP contribution in [0.1, 0.15) is 64.4 Å². The summed E-state index contributed by atoms with van der Waals surface area (Å²) < 4.78 is 13.5. The summed E-state index contributed by atoms with van der Waals surface area (Å²) in [7, 11) is 0. The minimum atomic E-state index is -0.316. The number of halogens is 2. The number of likely N-dealkylation sites (N-methyl/N-ethyl adjacent to an activating group) is 1. The maximum atomic E-state index is 13.5. The zero-order chi connectivity index (χ0) is 15.5.